The monoisotopic (exact) mass is 322 g/mol. The van der Waals surface area contributed by atoms with Gasteiger partial charge in [0.2, 0.25) is 0 Å². The Hall–Kier alpha value is -2.86. The Bertz CT molecular complexity index is 1120. The molecule has 0 amide bonds. The minimum atomic E-state index is 0.999. The molecule has 0 fully saturated rings. The Morgan fingerprint density at radius 1 is 0.800 bits per heavy atom. The quantitative estimate of drug-likeness (QED) is 0.583. The average molecular weight is 322 g/mol. The molecular weight excluding hydrogens is 300 g/mol. The molecule has 0 heterocycles. The van der Waals surface area contributed by atoms with Crippen LogP contribution in [0.3, 0.4) is 0 Å². The van der Waals surface area contributed by atoms with Crippen molar-refractivity contribution >= 4 is 21.9 Å². The van der Waals surface area contributed by atoms with Crippen LogP contribution < -0.4 is 10.4 Å². The topological polar surface area (TPSA) is 0 Å². The Labute approximate surface area is 149 Å². The summed E-state index contributed by atoms with van der Waals surface area (Å²) in [6.07, 6.45) is 7.77. The number of hydrogen-bond donors (Lipinski definition) is 0. The van der Waals surface area contributed by atoms with Crippen molar-refractivity contribution in [2.24, 2.45) is 0 Å². The zero-order valence-corrected chi connectivity index (χ0v) is 14.8. The van der Waals surface area contributed by atoms with E-state index < -0.39 is 0 Å². The van der Waals surface area contributed by atoms with E-state index in [4.69, 9.17) is 0 Å². The van der Waals surface area contributed by atoms with Gasteiger partial charge in [-0.15, -0.1) is 0 Å². The van der Waals surface area contributed by atoms with E-state index in [0.717, 1.165) is 6.42 Å². The molecule has 0 unspecified atom stereocenters. The van der Waals surface area contributed by atoms with E-state index in [2.05, 4.69) is 98.8 Å². The Morgan fingerprint density at radius 3 is 2.32 bits per heavy atom. The van der Waals surface area contributed by atoms with Crippen LogP contribution in [0.5, 0.6) is 0 Å². The minimum absolute atomic E-state index is 0.999. The van der Waals surface area contributed by atoms with Gasteiger partial charge in [0.1, 0.15) is 0 Å². The Kier molecular flexibility index (Phi) is 4.11. The molecule has 0 aromatic heterocycles. The second-order valence-electron chi connectivity index (χ2n) is 6.61. The van der Waals surface area contributed by atoms with Crippen molar-refractivity contribution in [3.8, 4) is 0 Å². The first kappa shape index (κ1) is 15.7. The third-order valence-electron chi connectivity index (χ3n) is 5.02. The predicted molar refractivity (Wildman–Crippen MR) is 109 cm³/mol. The smallest absolute Gasteiger partial charge is 0.00361 e. The fraction of sp³-hybridized carbons (Fsp3) is 0.120. The van der Waals surface area contributed by atoms with Crippen molar-refractivity contribution in [1.29, 1.82) is 0 Å². The highest BCUT2D eigenvalue weighted by Gasteiger charge is 2.10. The number of allylic oxidation sites excluding steroid dienone is 4. The molecule has 0 aliphatic heterocycles. The van der Waals surface area contributed by atoms with Crippen LogP contribution in [0.15, 0.2) is 90.5 Å². The first-order chi connectivity index (χ1) is 12.3. The van der Waals surface area contributed by atoms with E-state index in [1.807, 2.05) is 0 Å². The van der Waals surface area contributed by atoms with Crippen molar-refractivity contribution in [2.75, 3.05) is 0 Å². The normalized spacial score (nSPS) is 19.4. The summed E-state index contributed by atoms with van der Waals surface area (Å²) in [7, 11) is 0. The van der Waals surface area contributed by atoms with Crippen molar-refractivity contribution in [2.45, 2.75) is 20.3 Å². The van der Waals surface area contributed by atoms with Crippen LogP contribution >= 0.6 is 0 Å². The van der Waals surface area contributed by atoms with Crippen LogP contribution in [0, 0.1) is 0 Å². The second kappa shape index (κ2) is 6.57. The van der Waals surface area contributed by atoms with Crippen LogP contribution in [0.4, 0.5) is 0 Å². The Morgan fingerprint density at radius 2 is 1.52 bits per heavy atom. The molecule has 1 aliphatic rings. The first-order valence-electron chi connectivity index (χ1n) is 8.89. The highest BCUT2D eigenvalue weighted by Crippen LogP contribution is 2.26. The van der Waals surface area contributed by atoms with E-state index in [-0.39, 0.29) is 0 Å². The summed E-state index contributed by atoms with van der Waals surface area (Å²) in [5.74, 6) is 0. The maximum atomic E-state index is 2.32. The largest absolute Gasteiger partial charge is 0.0798 e. The van der Waals surface area contributed by atoms with Gasteiger partial charge in [-0.3, -0.25) is 0 Å². The van der Waals surface area contributed by atoms with E-state index in [0.29, 0.717) is 0 Å². The van der Waals surface area contributed by atoms with Crippen molar-refractivity contribution in [3.63, 3.8) is 0 Å². The van der Waals surface area contributed by atoms with Crippen molar-refractivity contribution in [3.05, 3.63) is 107 Å². The SMILES string of the molecule is C/C=C1\C=C/CC(C)=c2cccc\c2=C\1c1ccc2ccccc2c1. The third kappa shape index (κ3) is 2.85. The number of benzene rings is 3. The van der Waals surface area contributed by atoms with E-state index in [9.17, 15) is 0 Å². The van der Waals surface area contributed by atoms with Crippen LogP contribution in [0.1, 0.15) is 25.8 Å². The van der Waals surface area contributed by atoms with Gasteiger partial charge >= 0.3 is 0 Å². The number of fused-ring (bicyclic) bond motifs is 2. The molecule has 0 N–H and O–H groups in total. The molecule has 0 spiro atoms. The van der Waals surface area contributed by atoms with Gasteiger partial charge in [-0.2, -0.15) is 0 Å². The van der Waals surface area contributed by atoms with E-state index in [1.54, 1.807) is 0 Å². The standard InChI is InChI=1S/C25H22/c1-3-19-12-8-9-18(2)23-13-6-7-14-24(23)25(19)22-16-15-20-10-4-5-11-21(20)17-22/h3-8,10-17H,9H2,1-2H3/b12-8-,19-3+,23-18?,25-24+. The third-order valence-corrected chi connectivity index (χ3v) is 5.02. The highest BCUT2D eigenvalue weighted by atomic mass is 14.1. The molecule has 122 valence electrons. The lowest BCUT2D eigenvalue weighted by molar-refractivity contribution is 1.29. The van der Waals surface area contributed by atoms with E-state index in [1.165, 1.54) is 43.5 Å². The zero-order chi connectivity index (χ0) is 17.2. The van der Waals surface area contributed by atoms with Crippen LogP contribution in [-0.4, -0.2) is 0 Å². The summed E-state index contributed by atoms with van der Waals surface area (Å²) in [5.41, 5.74) is 5.30. The summed E-state index contributed by atoms with van der Waals surface area (Å²) < 4.78 is 0. The van der Waals surface area contributed by atoms with Gasteiger partial charge in [0.25, 0.3) is 0 Å². The average Bonchev–Trinajstić information content (AvgIpc) is 2.65. The lowest BCUT2D eigenvalue weighted by atomic mass is 9.90. The van der Waals surface area contributed by atoms with E-state index >= 15 is 0 Å². The molecule has 3 aromatic carbocycles. The molecule has 25 heavy (non-hydrogen) atoms. The van der Waals surface area contributed by atoms with Crippen LogP contribution in [0.25, 0.3) is 21.9 Å². The molecule has 0 bridgehead atoms. The molecule has 0 atom stereocenters. The fourth-order valence-electron chi connectivity index (χ4n) is 3.69. The molecule has 4 rings (SSSR count). The molecule has 0 nitrogen and oxygen atoms in total. The maximum Gasteiger partial charge on any atom is -0.00361 e. The minimum Gasteiger partial charge on any atom is -0.0798 e. The van der Waals surface area contributed by atoms with Gasteiger partial charge in [0.05, 0.1) is 0 Å². The summed E-state index contributed by atoms with van der Waals surface area (Å²) in [4.78, 5) is 0. The predicted octanol–water partition coefficient (Wildman–Crippen LogP) is 5.12. The molecule has 0 radical (unpaired) electrons. The summed E-state index contributed by atoms with van der Waals surface area (Å²) in [6, 6.07) is 24.2. The maximum absolute atomic E-state index is 2.32. The lowest BCUT2D eigenvalue weighted by Crippen LogP contribution is -2.29. The van der Waals surface area contributed by atoms with Crippen LogP contribution in [-0.2, 0) is 0 Å². The summed E-state index contributed by atoms with van der Waals surface area (Å²) in [6.45, 7) is 4.36. The van der Waals surface area contributed by atoms with Gasteiger partial charge < -0.3 is 0 Å². The van der Waals surface area contributed by atoms with Crippen molar-refractivity contribution < 1.29 is 0 Å². The fourth-order valence-corrected chi connectivity index (χ4v) is 3.69. The van der Waals surface area contributed by atoms with Gasteiger partial charge in [-0.1, -0.05) is 84.5 Å². The zero-order valence-electron chi connectivity index (χ0n) is 14.8. The molecule has 0 heteroatoms. The molecule has 3 aromatic rings. The number of hydrogen-bond acceptors (Lipinski definition) is 0. The van der Waals surface area contributed by atoms with Gasteiger partial charge in [0.15, 0.2) is 0 Å². The second-order valence-corrected chi connectivity index (χ2v) is 6.61. The highest BCUT2D eigenvalue weighted by molar-refractivity contribution is 5.90. The van der Waals surface area contributed by atoms with Gasteiger partial charge in [-0.25, -0.2) is 0 Å². The molecule has 0 saturated heterocycles. The number of rotatable bonds is 1. The van der Waals surface area contributed by atoms with Crippen molar-refractivity contribution in [1.82, 2.24) is 0 Å². The van der Waals surface area contributed by atoms with Gasteiger partial charge in [0, 0.05) is 0 Å². The Balaban J connectivity index is 2.15. The summed E-state index contributed by atoms with van der Waals surface area (Å²) >= 11 is 0. The lowest BCUT2D eigenvalue weighted by Gasteiger charge is -2.14. The van der Waals surface area contributed by atoms with Gasteiger partial charge in [-0.05, 0) is 64.3 Å². The molecule has 1 aliphatic carbocycles. The molecule has 0 saturated carbocycles. The molecular formula is C25H22. The first-order valence-corrected chi connectivity index (χ1v) is 8.89. The van der Waals surface area contributed by atoms with Crippen LogP contribution in [0.2, 0.25) is 0 Å². The summed E-state index contributed by atoms with van der Waals surface area (Å²) in [5, 5.41) is 5.25.